The standard InChI is InChI=1S/C22H39N5O8/c1-10(2)7-14(20(33)27-18(11(3)4)22(35)24-12(5)9-28)25-19(32)15(8-16(30)31)26-21(34)17(23)13(6)29/h9-15,17-18,29H,7-8,23H2,1-6H3,(H,24,35)(H,25,32)(H,26,34)(H,27,33)(H,30,31)/t12-,13+,14-,15-,17-,18-/m0/s1. The predicted molar refractivity (Wildman–Crippen MR) is 126 cm³/mol. The Bertz CT molecular complexity index is 771. The number of rotatable bonds is 15. The Balaban J connectivity index is 5.68. The summed E-state index contributed by atoms with van der Waals surface area (Å²) in [7, 11) is 0. The summed E-state index contributed by atoms with van der Waals surface area (Å²) in [6.07, 6.45) is -1.35. The molecule has 4 amide bonds. The Hall–Kier alpha value is -3.06. The van der Waals surface area contributed by atoms with E-state index in [4.69, 9.17) is 10.8 Å². The average Bonchev–Trinajstić information content (AvgIpc) is 2.74. The minimum absolute atomic E-state index is 0.0800. The number of hydrogen-bond acceptors (Lipinski definition) is 8. The molecule has 200 valence electrons. The topological polar surface area (TPSA) is 217 Å². The zero-order valence-corrected chi connectivity index (χ0v) is 21.0. The minimum atomic E-state index is -1.56. The first kappa shape index (κ1) is 31.9. The van der Waals surface area contributed by atoms with Gasteiger partial charge >= 0.3 is 5.97 Å². The highest BCUT2D eigenvalue weighted by molar-refractivity contribution is 5.96. The van der Waals surface area contributed by atoms with Gasteiger partial charge in [0.2, 0.25) is 23.6 Å². The predicted octanol–water partition coefficient (Wildman–Crippen LogP) is -1.97. The van der Waals surface area contributed by atoms with Crippen molar-refractivity contribution in [2.24, 2.45) is 17.6 Å². The molecule has 0 aromatic rings. The van der Waals surface area contributed by atoms with Crippen molar-refractivity contribution >= 4 is 35.9 Å². The molecule has 0 unspecified atom stereocenters. The van der Waals surface area contributed by atoms with Gasteiger partial charge in [0.1, 0.15) is 30.5 Å². The quantitative estimate of drug-likeness (QED) is 0.124. The number of aliphatic carboxylic acids is 1. The summed E-state index contributed by atoms with van der Waals surface area (Å²) in [4.78, 5) is 72.7. The van der Waals surface area contributed by atoms with Gasteiger partial charge in [0, 0.05) is 0 Å². The van der Waals surface area contributed by atoms with Crippen molar-refractivity contribution in [2.45, 2.75) is 90.7 Å². The van der Waals surface area contributed by atoms with Crippen molar-refractivity contribution in [1.29, 1.82) is 0 Å². The highest BCUT2D eigenvalue weighted by atomic mass is 16.4. The number of carbonyl (C=O) groups is 6. The SMILES string of the molecule is CC(C)C[C@H](NC(=O)[C@H](CC(=O)O)NC(=O)[C@@H](N)[C@@H](C)O)C(=O)N[C@H](C(=O)N[C@@H](C)C=O)C(C)C. The van der Waals surface area contributed by atoms with Gasteiger partial charge in [-0.1, -0.05) is 27.7 Å². The fourth-order valence-corrected chi connectivity index (χ4v) is 2.98. The number of hydrogen-bond donors (Lipinski definition) is 7. The Kier molecular flexibility index (Phi) is 13.7. The Morgan fingerprint density at radius 3 is 1.74 bits per heavy atom. The second-order valence-corrected chi connectivity index (χ2v) is 9.28. The number of nitrogens with one attached hydrogen (secondary N) is 4. The van der Waals surface area contributed by atoms with Gasteiger partial charge < -0.3 is 42.0 Å². The van der Waals surface area contributed by atoms with Crippen molar-refractivity contribution in [2.75, 3.05) is 0 Å². The number of aldehydes is 1. The van der Waals surface area contributed by atoms with E-state index < -0.39 is 72.3 Å². The molecule has 8 N–H and O–H groups in total. The Morgan fingerprint density at radius 2 is 1.31 bits per heavy atom. The Morgan fingerprint density at radius 1 is 0.800 bits per heavy atom. The number of nitrogens with two attached hydrogens (primary N) is 1. The van der Waals surface area contributed by atoms with Crippen LogP contribution in [0.25, 0.3) is 0 Å². The smallest absolute Gasteiger partial charge is 0.305 e. The molecule has 0 aromatic carbocycles. The van der Waals surface area contributed by atoms with Crippen LogP contribution in [0.2, 0.25) is 0 Å². The van der Waals surface area contributed by atoms with E-state index in [9.17, 15) is 33.9 Å². The molecule has 0 saturated heterocycles. The van der Waals surface area contributed by atoms with E-state index >= 15 is 0 Å². The van der Waals surface area contributed by atoms with Gasteiger partial charge in [-0.15, -0.1) is 0 Å². The van der Waals surface area contributed by atoms with Crippen molar-refractivity contribution in [1.82, 2.24) is 21.3 Å². The average molecular weight is 502 g/mol. The normalized spacial score (nSPS) is 16.3. The van der Waals surface area contributed by atoms with Crippen LogP contribution in [0.4, 0.5) is 0 Å². The first-order valence-corrected chi connectivity index (χ1v) is 11.4. The van der Waals surface area contributed by atoms with Crippen LogP contribution in [0.3, 0.4) is 0 Å². The molecular formula is C22H39N5O8. The third-order valence-corrected chi connectivity index (χ3v) is 5.00. The van der Waals surface area contributed by atoms with Gasteiger partial charge in [-0.2, -0.15) is 0 Å². The fourth-order valence-electron chi connectivity index (χ4n) is 2.98. The molecular weight excluding hydrogens is 462 g/mol. The summed E-state index contributed by atoms with van der Waals surface area (Å²) in [5.41, 5.74) is 5.55. The minimum Gasteiger partial charge on any atom is -0.481 e. The number of aliphatic hydroxyl groups is 1. The van der Waals surface area contributed by atoms with E-state index in [1.807, 2.05) is 0 Å². The summed E-state index contributed by atoms with van der Waals surface area (Å²) >= 11 is 0. The lowest BCUT2D eigenvalue weighted by molar-refractivity contribution is -0.141. The van der Waals surface area contributed by atoms with Crippen LogP contribution in [0, 0.1) is 11.8 Å². The maximum absolute atomic E-state index is 13.0. The van der Waals surface area contributed by atoms with Crippen molar-refractivity contribution in [3.63, 3.8) is 0 Å². The second kappa shape index (κ2) is 15.0. The molecule has 0 aromatic heterocycles. The van der Waals surface area contributed by atoms with Crippen LogP contribution in [0.15, 0.2) is 0 Å². The van der Waals surface area contributed by atoms with E-state index in [0.29, 0.717) is 6.29 Å². The van der Waals surface area contributed by atoms with Crippen molar-refractivity contribution < 1.29 is 39.0 Å². The number of amides is 4. The lowest BCUT2D eigenvalue weighted by Gasteiger charge is -2.28. The van der Waals surface area contributed by atoms with Crippen LogP contribution in [-0.2, 0) is 28.8 Å². The molecule has 0 aliphatic heterocycles. The van der Waals surface area contributed by atoms with E-state index in [0.717, 1.165) is 0 Å². The van der Waals surface area contributed by atoms with Crippen molar-refractivity contribution in [3.8, 4) is 0 Å². The monoisotopic (exact) mass is 501 g/mol. The van der Waals surface area contributed by atoms with E-state index in [-0.39, 0.29) is 18.3 Å². The lowest BCUT2D eigenvalue weighted by atomic mass is 9.99. The molecule has 0 aliphatic rings. The molecule has 0 rings (SSSR count). The summed E-state index contributed by atoms with van der Waals surface area (Å²) in [5, 5.41) is 28.3. The highest BCUT2D eigenvalue weighted by Crippen LogP contribution is 2.09. The van der Waals surface area contributed by atoms with Crippen LogP contribution < -0.4 is 27.0 Å². The number of carboxylic acid groups (broad SMARTS) is 1. The molecule has 0 spiro atoms. The third-order valence-electron chi connectivity index (χ3n) is 5.00. The van der Waals surface area contributed by atoms with Crippen LogP contribution >= 0.6 is 0 Å². The van der Waals surface area contributed by atoms with E-state index in [2.05, 4.69) is 21.3 Å². The lowest BCUT2D eigenvalue weighted by Crippen LogP contribution is -2.60. The van der Waals surface area contributed by atoms with Gasteiger partial charge in [-0.05, 0) is 32.1 Å². The zero-order valence-electron chi connectivity index (χ0n) is 21.0. The van der Waals surface area contributed by atoms with Crippen LogP contribution in [-0.4, -0.2) is 82.4 Å². The molecule has 35 heavy (non-hydrogen) atoms. The number of carboxylic acids is 1. The molecule has 6 atom stereocenters. The molecule has 0 heterocycles. The van der Waals surface area contributed by atoms with Crippen LogP contribution in [0.1, 0.15) is 54.4 Å². The van der Waals surface area contributed by atoms with Crippen LogP contribution in [0.5, 0.6) is 0 Å². The highest BCUT2D eigenvalue weighted by Gasteiger charge is 2.33. The fraction of sp³-hybridized carbons (Fsp3) is 0.727. The van der Waals surface area contributed by atoms with E-state index in [1.165, 1.54) is 13.8 Å². The largest absolute Gasteiger partial charge is 0.481 e. The summed E-state index contributed by atoms with van der Waals surface area (Å²) in [6.45, 7) is 9.71. The van der Waals surface area contributed by atoms with E-state index in [1.54, 1.807) is 27.7 Å². The van der Waals surface area contributed by atoms with Gasteiger partial charge in [-0.25, -0.2) is 0 Å². The first-order chi connectivity index (χ1) is 16.1. The molecule has 0 aliphatic carbocycles. The Labute approximate surface area is 204 Å². The van der Waals surface area contributed by atoms with Gasteiger partial charge in [0.25, 0.3) is 0 Å². The first-order valence-electron chi connectivity index (χ1n) is 11.4. The number of aliphatic hydroxyl groups excluding tert-OH is 1. The summed E-state index contributed by atoms with van der Waals surface area (Å²) < 4.78 is 0. The van der Waals surface area contributed by atoms with Gasteiger partial charge in [0.15, 0.2) is 0 Å². The molecule has 13 heteroatoms. The molecule has 0 saturated carbocycles. The molecule has 0 radical (unpaired) electrons. The molecule has 13 nitrogen and oxygen atoms in total. The molecule has 0 fully saturated rings. The zero-order chi connectivity index (χ0) is 27.5. The van der Waals surface area contributed by atoms with Crippen molar-refractivity contribution in [3.05, 3.63) is 0 Å². The summed E-state index contributed by atoms with van der Waals surface area (Å²) in [5.74, 6) is -4.97. The third kappa shape index (κ3) is 11.8. The maximum atomic E-state index is 13.0. The number of carbonyl (C=O) groups excluding carboxylic acids is 5. The maximum Gasteiger partial charge on any atom is 0.305 e. The van der Waals surface area contributed by atoms with Gasteiger partial charge in [0.05, 0.1) is 18.6 Å². The molecule has 0 bridgehead atoms. The summed E-state index contributed by atoms with van der Waals surface area (Å²) in [6, 6.07) is -5.88. The van der Waals surface area contributed by atoms with Gasteiger partial charge in [-0.3, -0.25) is 24.0 Å². The second-order valence-electron chi connectivity index (χ2n) is 9.28.